The molecule has 0 radical (unpaired) electrons. The van der Waals surface area contributed by atoms with Gasteiger partial charge in [0.05, 0.1) is 12.7 Å². The molecule has 1 saturated heterocycles. The van der Waals surface area contributed by atoms with Crippen molar-refractivity contribution < 1.29 is 9.84 Å². The van der Waals surface area contributed by atoms with Gasteiger partial charge in [-0.3, -0.25) is 4.90 Å². The van der Waals surface area contributed by atoms with E-state index < -0.39 is 0 Å². The van der Waals surface area contributed by atoms with Gasteiger partial charge >= 0.3 is 0 Å². The van der Waals surface area contributed by atoms with Crippen LogP contribution in [0.5, 0.6) is 0 Å². The van der Waals surface area contributed by atoms with E-state index >= 15 is 0 Å². The maximum absolute atomic E-state index is 9.29. The van der Waals surface area contributed by atoms with Crippen LogP contribution >= 0.6 is 0 Å². The van der Waals surface area contributed by atoms with E-state index in [9.17, 15) is 5.11 Å². The molecule has 1 rings (SSSR count). The summed E-state index contributed by atoms with van der Waals surface area (Å²) in [5.74, 6) is 0. The molecule has 1 N–H and O–H groups in total. The lowest BCUT2D eigenvalue weighted by Crippen LogP contribution is -2.30. The van der Waals surface area contributed by atoms with Gasteiger partial charge in [-0.1, -0.05) is 0 Å². The Morgan fingerprint density at radius 1 is 1.64 bits per heavy atom. The fourth-order valence-electron chi connectivity index (χ4n) is 1.59. The third-order valence-electron chi connectivity index (χ3n) is 2.26. The Kier molecular flexibility index (Phi) is 3.30. The summed E-state index contributed by atoms with van der Waals surface area (Å²) in [5.41, 5.74) is 0. The molecule has 0 aromatic heterocycles. The summed E-state index contributed by atoms with van der Waals surface area (Å²) in [7, 11) is 1.71. The highest BCUT2D eigenvalue weighted by Crippen LogP contribution is 2.15. The molecule has 3 nitrogen and oxygen atoms in total. The number of nitrogens with zero attached hydrogens (tertiary/aromatic N) is 1. The molecular formula is C8H17NO2. The highest BCUT2D eigenvalue weighted by molar-refractivity contribution is 4.81. The summed E-state index contributed by atoms with van der Waals surface area (Å²) < 4.78 is 4.96. The number of aliphatic hydroxyl groups excluding tert-OH is 1. The second-order valence-corrected chi connectivity index (χ2v) is 3.23. The van der Waals surface area contributed by atoms with Crippen LogP contribution in [0, 0.1) is 0 Å². The zero-order valence-corrected chi connectivity index (χ0v) is 7.29. The number of likely N-dealkylation sites (tertiary alicyclic amines) is 1. The first-order valence-corrected chi connectivity index (χ1v) is 4.15. The molecule has 0 unspecified atom stereocenters. The number of methoxy groups -OCH3 is 1. The van der Waals surface area contributed by atoms with E-state index in [1.165, 1.54) is 0 Å². The van der Waals surface area contributed by atoms with Crippen molar-refractivity contribution in [1.29, 1.82) is 0 Å². The van der Waals surface area contributed by atoms with Crippen molar-refractivity contribution in [2.45, 2.75) is 25.5 Å². The van der Waals surface area contributed by atoms with Crippen LogP contribution in [0.1, 0.15) is 13.3 Å². The summed E-state index contributed by atoms with van der Waals surface area (Å²) in [6.07, 6.45) is 0.783. The minimum Gasteiger partial charge on any atom is -0.392 e. The van der Waals surface area contributed by atoms with E-state index in [4.69, 9.17) is 4.74 Å². The van der Waals surface area contributed by atoms with E-state index in [1.807, 2.05) is 0 Å². The van der Waals surface area contributed by atoms with Crippen molar-refractivity contribution in [3.63, 3.8) is 0 Å². The molecule has 0 spiro atoms. The van der Waals surface area contributed by atoms with Gasteiger partial charge in [-0.25, -0.2) is 0 Å². The van der Waals surface area contributed by atoms with Crippen LogP contribution in [-0.2, 0) is 4.74 Å². The Morgan fingerprint density at radius 3 is 2.82 bits per heavy atom. The van der Waals surface area contributed by atoms with Crippen LogP contribution < -0.4 is 0 Å². The van der Waals surface area contributed by atoms with Crippen molar-refractivity contribution in [2.24, 2.45) is 0 Å². The predicted molar refractivity (Wildman–Crippen MR) is 43.5 cm³/mol. The van der Waals surface area contributed by atoms with Crippen LogP contribution in [0.3, 0.4) is 0 Å². The molecule has 0 amide bonds. The zero-order valence-electron chi connectivity index (χ0n) is 7.29. The van der Waals surface area contributed by atoms with Crippen molar-refractivity contribution in [1.82, 2.24) is 4.90 Å². The lowest BCUT2D eigenvalue weighted by atomic mass is 10.2. The minimum atomic E-state index is -0.123. The average molecular weight is 159 g/mol. The standard InChI is InChI=1S/C8H17NO2/c1-7-5-8(10)6-9(7)3-4-11-2/h7-8,10H,3-6H2,1-2H3/t7-,8-/m1/s1. The van der Waals surface area contributed by atoms with E-state index in [1.54, 1.807) is 7.11 Å². The van der Waals surface area contributed by atoms with Crippen LogP contribution in [-0.4, -0.2) is 49.0 Å². The quantitative estimate of drug-likeness (QED) is 0.633. The molecule has 1 fully saturated rings. The minimum absolute atomic E-state index is 0.123. The van der Waals surface area contributed by atoms with Gasteiger partial charge in [0.15, 0.2) is 0 Å². The van der Waals surface area contributed by atoms with E-state index in [2.05, 4.69) is 11.8 Å². The van der Waals surface area contributed by atoms with Crippen molar-refractivity contribution in [3.05, 3.63) is 0 Å². The molecule has 1 heterocycles. The summed E-state index contributed by atoms with van der Waals surface area (Å²) in [6.45, 7) is 4.65. The summed E-state index contributed by atoms with van der Waals surface area (Å²) >= 11 is 0. The molecule has 11 heavy (non-hydrogen) atoms. The van der Waals surface area contributed by atoms with E-state index in [-0.39, 0.29) is 6.10 Å². The van der Waals surface area contributed by atoms with Crippen LogP contribution in [0.15, 0.2) is 0 Å². The van der Waals surface area contributed by atoms with Crippen LogP contribution in [0.25, 0.3) is 0 Å². The maximum atomic E-state index is 9.29. The molecule has 0 aliphatic carbocycles. The lowest BCUT2D eigenvalue weighted by molar-refractivity contribution is 0.132. The highest BCUT2D eigenvalue weighted by Gasteiger charge is 2.26. The second-order valence-electron chi connectivity index (χ2n) is 3.23. The average Bonchev–Trinajstić information content (AvgIpc) is 2.26. The van der Waals surface area contributed by atoms with E-state index in [0.717, 1.165) is 26.1 Å². The van der Waals surface area contributed by atoms with Gasteiger partial charge in [-0.2, -0.15) is 0 Å². The molecule has 0 bridgehead atoms. The summed E-state index contributed by atoms with van der Waals surface area (Å²) in [6, 6.07) is 0.514. The number of hydrogen-bond acceptors (Lipinski definition) is 3. The molecule has 0 saturated carbocycles. The molecule has 1 aliphatic rings. The van der Waals surface area contributed by atoms with Crippen molar-refractivity contribution in [3.8, 4) is 0 Å². The van der Waals surface area contributed by atoms with Gasteiger partial charge < -0.3 is 9.84 Å². The van der Waals surface area contributed by atoms with Gasteiger partial charge in [0.2, 0.25) is 0 Å². The molecule has 2 atom stereocenters. The first kappa shape index (κ1) is 8.97. The van der Waals surface area contributed by atoms with E-state index in [0.29, 0.717) is 6.04 Å². The fraction of sp³-hybridized carbons (Fsp3) is 1.00. The smallest absolute Gasteiger partial charge is 0.0682 e. The Hall–Kier alpha value is -0.120. The lowest BCUT2D eigenvalue weighted by Gasteiger charge is -2.19. The highest BCUT2D eigenvalue weighted by atomic mass is 16.5. The van der Waals surface area contributed by atoms with Gasteiger partial charge in [-0.15, -0.1) is 0 Å². The third kappa shape index (κ3) is 2.43. The monoisotopic (exact) mass is 159 g/mol. The fourth-order valence-corrected chi connectivity index (χ4v) is 1.59. The number of ether oxygens (including phenoxy) is 1. The summed E-state index contributed by atoms with van der Waals surface area (Å²) in [5, 5.41) is 9.29. The normalized spacial score (nSPS) is 33.0. The summed E-state index contributed by atoms with van der Waals surface area (Å²) in [4.78, 5) is 2.26. The molecule has 0 aromatic rings. The number of rotatable bonds is 3. The van der Waals surface area contributed by atoms with Gasteiger partial charge in [0.25, 0.3) is 0 Å². The Balaban J connectivity index is 2.23. The predicted octanol–water partition coefficient (Wildman–Crippen LogP) is 0.0879. The zero-order chi connectivity index (χ0) is 8.27. The van der Waals surface area contributed by atoms with Crippen molar-refractivity contribution >= 4 is 0 Å². The number of hydrogen-bond donors (Lipinski definition) is 1. The SMILES string of the molecule is COCCN1C[C@H](O)C[C@H]1C. The number of β-amino-alcohol motifs (C(OH)–C–C–N with tert-alkyl or cyclic N) is 1. The van der Waals surface area contributed by atoms with Gasteiger partial charge in [0.1, 0.15) is 0 Å². The van der Waals surface area contributed by atoms with Gasteiger partial charge in [0, 0.05) is 26.2 Å². The largest absolute Gasteiger partial charge is 0.392 e. The first-order valence-electron chi connectivity index (χ1n) is 4.15. The maximum Gasteiger partial charge on any atom is 0.0682 e. The number of aliphatic hydroxyl groups is 1. The molecule has 66 valence electrons. The molecule has 3 heteroatoms. The van der Waals surface area contributed by atoms with Crippen LogP contribution in [0.4, 0.5) is 0 Å². The molecule has 1 aliphatic heterocycles. The second kappa shape index (κ2) is 4.04. The van der Waals surface area contributed by atoms with Crippen LogP contribution in [0.2, 0.25) is 0 Å². The Bertz CT molecular complexity index is 119. The molecular weight excluding hydrogens is 142 g/mol. The van der Waals surface area contributed by atoms with Crippen molar-refractivity contribution in [2.75, 3.05) is 26.8 Å². The Labute approximate surface area is 68.0 Å². The topological polar surface area (TPSA) is 32.7 Å². The Morgan fingerprint density at radius 2 is 2.36 bits per heavy atom. The third-order valence-corrected chi connectivity index (χ3v) is 2.26. The van der Waals surface area contributed by atoms with Gasteiger partial charge in [-0.05, 0) is 13.3 Å². The molecule has 0 aromatic carbocycles. The first-order chi connectivity index (χ1) is 5.24.